The van der Waals surface area contributed by atoms with Gasteiger partial charge in [-0.1, -0.05) is 0 Å². The van der Waals surface area contributed by atoms with Crippen LogP contribution in [0.2, 0.25) is 0 Å². The first-order valence-corrected chi connectivity index (χ1v) is 10.7. The molecule has 2 fully saturated rings. The van der Waals surface area contributed by atoms with E-state index in [1.54, 1.807) is 0 Å². The molecule has 2 aliphatic heterocycles. The average Bonchev–Trinajstić information content (AvgIpc) is 3.14. The molecule has 8 heteroatoms. The van der Waals surface area contributed by atoms with E-state index in [-0.39, 0.29) is 16.8 Å². The molecule has 2 saturated heterocycles. The van der Waals surface area contributed by atoms with E-state index in [9.17, 15) is 17.6 Å². The summed E-state index contributed by atoms with van der Waals surface area (Å²) in [5, 5.41) is 3.31. The third kappa shape index (κ3) is 5.02. The zero-order valence-electron chi connectivity index (χ0n) is 14.8. The van der Waals surface area contributed by atoms with Gasteiger partial charge < -0.3 is 10.2 Å². The molecule has 1 aromatic rings. The molecule has 0 bridgehead atoms. The Bertz CT molecular complexity index is 710. The number of halogens is 1. The van der Waals surface area contributed by atoms with E-state index >= 15 is 0 Å². The zero-order chi connectivity index (χ0) is 18.6. The molecule has 0 radical (unpaired) electrons. The van der Waals surface area contributed by atoms with Crippen molar-refractivity contribution in [1.82, 2.24) is 14.9 Å². The molecular formula is C18H26FN3O3S. The van der Waals surface area contributed by atoms with Gasteiger partial charge in [-0.05, 0) is 69.0 Å². The Morgan fingerprint density at radius 2 is 1.88 bits per heavy atom. The average molecular weight is 383 g/mol. The number of nitrogens with one attached hydrogen (secondary N) is 2. The van der Waals surface area contributed by atoms with Gasteiger partial charge in [0.2, 0.25) is 15.9 Å². The number of hydrogen-bond acceptors (Lipinski definition) is 4. The van der Waals surface area contributed by atoms with Crippen molar-refractivity contribution in [3.05, 3.63) is 30.1 Å². The Hall–Kier alpha value is -1.51. The number of nitrogens with zero attached hydrogens (tertiary/aromatic N) is 1. The second-order valence-corrected chi connectivity index (χ2v) is 8.84. The Kier molecular flexibility index (Phi) is 6.26. The minimum Gasteiger partial charge on any atom is -0.343 e. The fourth-order valence-corrected chi connectivity index (χ4v) is 4.90. The summed E-state index contributed by atoms with van der Waals surface area (Å²) in [4.78, 5) is 14.2. The number of likely N-dealkylation sites (tertiary alicyclic amines) is 1. The normalized spacial score (nSPS) is 21.9. The van der Waals surface area contributed by atoms with Crippen molar-refractivity contribution in [2.24, 2.45) is 5.92 Å². The maximum atomic E-state index is 13.0. The predicted molar refractivity (Wildman–Crippen MR) is 96.5 cm³/mol. The molecule has 26 heavy (non-hydrogen) atoms. The molecule has 1 amide bonds. The quantitative estimate of drug-likeness (QED) is 0.780. The first-order chi connectivity index (χ1) is 12.4. The molecule has 6 nitrogen and oxygen atoms in total. The van der Waals surface area contributed by atoms with Gasteiger partial charge >= 0.3 is 0 Å². The van der Waals surface area contributed by atoms with Crippen molar-refractivity contribution in [3.8, 4) is 0 Å². The lowest BCUT2D eigenvalue weighted by atomic mass is 10.0. The summed E-state index contributed by atoms with van der Waals surface area (Å²) < 4.78 is 40.3. The standard InChI is InChI=1S/C18H26FN3O3S/c19-15-2-4-17(5-3-15)26(24,25)21-16-8-11-22(12-9-16)18(23)6-1-14-7-10-20-13-14/h2-5,14,16,20-21H,1,6-13H2. The smallest absolute Gasteiger partial charge is 0.240 e. The number of benzene rings is 1. The van der Waals surface area contributed by atoms with Gasteiger partial charge in [-0.25, -0.2) is 17.5 Å². The Morgan fingerprint density at radius 1 is 1.19 bits per heavy atom. The lowest BCUT2D eigenvalue weighted by molar-refractivity contribution is -0.132. The molecule has 2 heterocycles. The molecule has 2 aliphatic rings. The maximum Gasteiger partial charge on any atom is 0.240 e. The zero-order valence-corrected chi connectivity index (χ0v) is 15.6. The molecular weight excluding hydrogens is 357 g/mol. The summed E-state index contributed by atoms with van der Waals surface area (Å²) in [5.41, 5.74) is 0. The molecule has 2 N–H and O–H groups in total. The maximum absolute atomic E-state index is 13.0. The summed E-state index contributed by atoms with van der Waals surface area (Å²) in [6.07, 6.45) is 3.82. The van der Waals surface area contributed by atoms with Crippen molar-refractivity contribution < 1.29 is 17.6 Å². The topological polar surface area (TPSA) is 78.5 Å². The van der Waals surface area contributed by atoms with Gasteiger partial charge in [0.1, 0.15) is 5.82 Å². The van der Waals surface area contributed by atoms with Crippen LogP contribution in [0.3, 0.4) is 0 Å². The first-order valence-electron chi connectivity index (χ1n) is 9.20. The highest BCUT2D eigenvalue weighted by atomic mass is 32.2. The van der Waals surface area contributed by atoms with Crippen LogP contribution in [0.4, 0.5) is 4.39 Å². The highest BCUT2D eigenvalue weighted by molar-refractivity contribution is 7.89. The number of piperidine rings is 1. The van der Waals surface area contributed by atoms with Gasteiger partial charge in [0.25, 0.3) is 0 Å². The molecule has 0 aliphatic carbocycles. The Labute approximate surface area is 154 Å². The second-order valence-electron chi connectivity index (χ2n) is 7.13. The van der Waals surface area contributed by atoms with Crippen LogP contribution < -0.4 is 10.0 Å². The molecule has 144 valence electrons. The van der Waals surface area contributed by atoms with Crippen LogP contribution in [0, 0.1) is 11.7 Å². The third-order valence-electron chi connectivity index (χ3n) is 5.22. The van der Waals surface area contributed by atoms with E-state index in [0.29, 0.717) is 38.3 Å². The molecule has 3 rings (SSSR count). The van der Waals surface area contributed by atoms with Crippen LogP contribution in [0.5, 0.6) is 0 Å². The number of rotatable bonds is 6. The molecule has 0 saturated carbocycles. The van der Waals surface area contributed by atoms with Gasteiger partial charge in [0, 0.05) is 25.6 Å². The van der Waals surface area contributed by atoms with Crippen molar-refractivity contribution in [2.75, 3.05) is 26.2 Å². The van der Waals surface area contributed by atoms with Crippen LogP contribution in [-0.4, -0.2) is 51.4 Å². The van der Waals surface area contributed by atoms with E-state index in [1.165, 1.54) is 12.1 Å². The molecule has 0 aromatic heterocycles. The second kappa shape index (κ2) is 8.45. The van der Waals surface area contributed by atoms with E-state index in [0.717, 1.165) is 38.1 Å². The highest BCUT2D eigenvalue weighted by Gasteiger charge is 2.27. The monoisotopic (exact) mass is 383 g/mol. The van der Waals surface area contributed by atoms with Crippen LogP contribution in [0.15, 0.2) is 29.2 Å². The lowest BCUT2D eigenvalue weighted by Crippen LogP contribution is -2.46. The number of hydrogen-bond donors (Lipinski definition) is 2. The van der Waals surface area contributed by atoms with Gasteiger partial charge in [-0.3, -0.25) is 4.79 Å². The van der Waals surface area contributed by atoms with E-state index in [1.807, 2.05) is 4.90 Å². The number of sulfonamides is 1. The van der Waals surface area contributed by atoms with Crippen LogP contribution in [0.1, 0.15) is 32.1 Å². The molecule has 1 atom stereocenters. The highest BCUT2D eigenvalue weighted by Crippen LogP contribution is 2.19. The summed E-state index contributed by atoms with van der Waals surface area (Å²) in [6, 6.07) is 4.58. The van der Waals surface area contributed by atoms with Crippen LogP contribution in [-0.2, 0) is 14.8 Å². The van der Waals surface area contributed by atoms with Gasteiger partial charge in [-0.15, -0.1) is 0 Å². The summed E-state index contributed by atoms with van der Waals surface area (Å²) in [5.74, 6) is 0.292. The minimum atomic E-state index is -3.66. The van der Waals surface area contributed by atoms with Gasteiger partial charge in [0.15, 0.2) is 0 Å². The lowest BCUT2D eigenvalue weighted by Gasteiger charge is -2.32. The van der Waals surface area contributed by atoms with Gasteiger partial charge in [-0.2, -0.15) is 0 Å². The van der Waals surface area contributed by atoms with E-state index in [2.05, 4.69) is 10.0 Å². The van der Waals surface area contributed by atoms with Crippen molar-refractivity contribution in [2.45, 2.75) is 43.0 Å². The van der Waals surface area contributed by atoms with Crippen LogP contribution in [0.25, 0.3) is 0 Å². The van der Waals surface area contributed by atoms with E-state index in [4.69, 9.17) is 0 Å². The Morgan fingerprint density at radius 3 is 2.50 bits per heavy atom. The Balaban J connectivity index is 1.45. The van der Waals surface area contributed by atoms with Gasteiger partial charge in [0.05, 0.1) is 4.90 Å². The largest absolute Gasteiger partial charge is 0.343 e. The fraction of sp³-hybridized carbons (Fsp3) is 0.611. The summed E-state index contributed by atoms with van der Waals surface area (Å²) in [7, 11) is -3.66. The summed E-state index contributed by atoms with van der Waals surface area (Å²) >= 11 is 0. The number of carbonyl (C=O) groups is 1. The summed E-state index contributed by atoms with van der Waals surface area (Å²) in [6.45, 7) is 3.18. The predicted octanol–water partition coefficient (Wildman–Crippen LogP) is 1.48. The fourth-order valence-electron chi connectivity index (χ4n) is 3.59. The van der Waals surface area contributed by atoms with Crippen LogP contribution >= 0.6 is 0 Å². The van der Waals surface area contributed by atoms with Crippen molar-refractivity contribution >= 4 is 15.9 Å². The van der Waals surface area contributed by atoms with Crippen molar-refractivity contribution in [1.29, 1.82) is 0 Å². The minimum absolute atomic E-state index is 0.0579. The SMILES string of the molecule is O=C(CCC1CCNC1)N1CCC(NS(=O)(=O)c2ccc(F)cc2)CC1. The molecule has 1 aromatic carbocycles. The van der Waals surface area contributed by atoms with Crippen molar-refractivity contribution in [3.63, 3.8) is 0 Å². The number of amides is 1. The molecule has 1 unspecified atom stereocenters. The first kappa shape index (κ1) is 19.3. The van der Waals surface area contributed by atoms with E-state index < -0.39 is 15.8 Å². The molecule has 0 spiro atoms. The number of carbonyl (C=O) groups excluding carboxylic acids is 1. The third-order valence-corrected chi connectivity index (χ3v) is 6.76.